The van der Waals surface area contributed by atoms with Gasteiger partial charge in [0.1, 0.15) is 5.75 Å². The molecule has 0 aliphatic rings. The molecule has 8 nitrogen and oxygen atoms in total. The van der Waals surface area contributed by atoms with E-state index in [4.69, 9.17) is 16.3 Å². The smallest absolute Gasteiger partial charge is 0.269 e. The van der Waals surface area contributed by atoms with Gasteiger partial charge in [-0.3, -0.25) is 20.4 Å². The van der Waals surface area contributed by atoms with Gasteiger partial charge in [-0.1, -0.05) is 17.7 Å². The minimum Gasteiger partial charge on any atom is -0.493 e. The first-order valence-corrected chi connectivity index (χ1v) is 11.3. The van der Waals surface area contributed by atoms with Gasteiger partial charge in [0.15, 0.2) is 0 Å². The van der Waals surface area contributed by atoms with Crippen molar-refractivity contribution in [3.8, 4) is 5.75 Å². The molecule has 31 heavy (non-hydrogen) atoms. The summed E-state index contributed by atoms with van der Waals surface area (Å²) >= 11 is 5.89. The first-order valence-electron chi connectivity index (χ1n) is 9.41. The summed E-state index contributed by atoms with van der Waals surface area (Å²) in [7, 11) is -3.67. The lowest BCUT2D eigenvalue weighted by molar-refractivity contribution is -0.122. The Kier molecular flexibility index (Phi) is 9.04. The van der Waals surface area contributed by atoms with Crippen LogP contribution in [0.25, 0.3) is 0 Å². The molecule has 0 radical (unpaired) electrons. The van der Waals surface area contributed by atoms with Gasteiger partial charge in [0.25, 0.3) is 5.91 Å². The highest BCUT2D eigenvalue weighted by Gasteiger charge is 2.14. The van der Waals surface area contributed by atoms with E-state index in [1.807, 2.05) is 6.92 Å². The minimum atomic E-state index is -3.67. The first-order chi connectivity index (χ1) is 14.7. The number of halogens is 1. The summed E-state index contributed by atoms with van der Waals surface area (Å²) in [6.07, 6.45) is 2.03. The Morgan fingerprint density at radius 3 is 2.48 bits per heavy atom. The van der Waals surface area contributed by atoms with Gasteiger partial charge < -0.3 is 4.74 Å². The van der Waals surface area contributed by atoms with Crippen molar-refractivity contribution in [2.75, 3.05) is 13.2 Å². The molecule has 10 heteroatoms. The van der Waals surface area contributed by atoms with E-state index < -0.39 is 15.9 Å². The number of benzene rings is 2. The molecule has 2 rings (SSSR count). The fraction of sp³-hybridized carbons (Fsp3) is 0.238. The van der Waals surface area contributed by atoms with Gasteiger partial charge >= 0.3 is 0 Å². The summed E-state index contributed by atoms with van der Waals surface area (Å²) in [5.74, 6) is -0.245. The molecule has 0 aliphatic carbocycles. The number of carbonyl (C=O) groups is 2. The SMILES string of the molecule is C=CCNS(=O)(=O)c1ccc(C(=O)NNC(=O)CCCOc2ccc(Cl)cc2C)cc1. The number of rotatable bonds is 10. The summed E-state index contributed by atoms with van der Waals surface area (Å²) in [6.45, 7) is 5.76. The monoisotopic (exact) mass is 465 g/mol. The highest BCUT2D eigenvalue weighted by molar-refractivity contribution is 7.89. The molecule has 2 aromatic rings. The fourth-order valence-electron chi connectivity index (χ4n) is 2.49. The predicted molar refractivity (Wildman–Crippen MR) is 118 cm³/mol. The van der Waals surface area contributed by atoms with E-state index in [1.54, 1.807) is 18.2 Å². The molecule has 0 fully saturated rings. The molecule has 166 valence electrons. The van der Waals surface area contributed by atoms with E-state index >= 15 is 0 Å². The van der Waals surface area contributed by atoms with Crippen molar-refractivity contribution in [1.82, 2.24) is 15.6 Å². The van der Waals surface area contributed by atoms with Crippen LogP contribution in [0, 0.1) is 6.92 Å². The molecule has 0 atom stereocenters. The van der Waals surface area contributed by atoms with Gasteiger partial charge in [0.05, 0.1) is 11.5 Å². The van der Waals surface area contributed by atoms with Gasteiger partial charge in [0.2, 0.25) is 15.9 Å². The van der Waals surface area contributed by atoms with Gasteiger partial charge in [0, 0.05) is 23.6 Å². The Bertz CT molecular complexity index is 1040. The number of nitrogens with one attached hydrogen (secondary N) is 3. The number of amides is 2. The molecule has 0 aromatic heterocycles. The summed E-state index contributed by atoms with van der Waals surface area (Å²) < 4.78 is 32.0. The topological polar surface area (TPSA) is 114 Å². The maximum absolute atomic E-state index is 12.1. The third-order valence-corrected chi connectivity index (χ3v) is 5.78. The van der Waals surface area contributed by atoms with Crippen molar-refractivity contribution in [2.24, 2.45) is 0 Å². The van der Waals surface area contributed by atoms with Crippen molar-refractivity contribution < 1.29 is 22.7 Å². The van der Waals surface area contributed by atoms with Crippen molar-refractivity contribution in [3.63, 3.8) is 0 Å². The number of sulfonamides is 1. The van der Waals surface area contributed by atoms with Gasteiger partial charge in [-0.05, 0) is 61.4 Å². The van der Waals surface area contributed by atoms with E-state index in [-0.39, 0.29) is 29.3 Å². The second-order valence-corrected chi connectivity index (χ2v) is 8.73. The summed E-state index contributed by atoms with van der Waals surface area (Å²) in [6, 6.07) is 10.6. The normalized spacial score (nSPS) is 10.9. The molecule has 0 aliphatic heterocycles. The average Bonchev–Trinajstić information content (AvgIpc) is 2.75. The van der Waals surface area contributed by atoms with Crippen molar-refractivity contribution in [3.05, 3.63) is 71.3 Å². The quantitative estimate of drug-likeness (QED) is 0.283. The standard InChI is InChI=1S/C21H24ClN3O5S/c1-3-12-23-31(28,29)18-9-6-16(7-10-18)21(27)25-24-20(26)5-4-13-30-19-11-8-17(22)14-15(19)2/h3,6-11,14,23H,1,4-5,12-13H2,2H3,(H,24,26)(H,25,27). The Morgan fingerprint density at radius 1 is 1.13 bits per heavy atom. The summed E-state index contributed by atoms with van der Waals surface area (Å²) in [4.78, 5) is 24.0. The Labute approximate surface area is 186 Å². The Balaban J connectivity index is 1.75. The number of hydrazine groups is 1. The van der Waals surface area contributed by atoms with Crippen LogP contribution in [-0.2, 0) is 14.8 Å². The lowest BCUT2D eigenvalue weighted by Gasteiger charge is -2.10. The molecule has 0 unspecified atom stereocenters. The fourth-order valence-corrected chi connectivity index (χ4v) is 3.71. The highest BCUT2D eigenvalue weighted by Crippen LogP contribution is 2.21. The molecular weight excluding hydrogens is 442 g/mol. The molecule has 0 spiro atoms. The van der Waals surface area contributed by atoms with Gasteiger partial charge in [-0.15, -0.1) is 6.58 Å². The molecule has 2 amide bonds. The Hall–Kier alpha value is -2.88. The lowest BCUT2D eigenvalue weighted by Crippen LogP contribution is -2.41. The highest BCUT2D eigenvalue weighted by atomic mass is 35.5. The van der Waals surface area contributed by atoms with E-state index in [0.717, 1.165) is 5.56 Å². The minimum absolute atomic E-state index is 0.0193. The van der Waals surface area contributed by atoms with Crippen LogP contribution >= 0.6 is 11.6 Å². The predicted octanol–water partition coefficient (Wildman–Crippen LogP) is 2.73. The van der Waals surface area contributed by atoms with Crippen LogP contribution in [0.5, 0.6) is 5.75 Å². The molecular formula is C21H24ClN3O5S. The summed E-state index contributed by atoms with van der Waals surface area (Å²) in [5.41, 5.74) is 5.71. The molecule has 2 aromatic carbocycles. The van der Waals surface area contributed by atoms with Crippen molar-refractivity contribution >= 4 is 33.4 Å². The van der Waals surface area contributed by atoms with Crippen LogP contribution < -0.4 is 20.3 Å². The average molecular weight is 466 g/mol. The lowest BCUT2D eigenvalue weighted by atomic mass is 10.2. The van der Waals surface area contributed by atoms with E-state index in [2.05, 4.69) is 22.2 Å². The van der Waals surface area contributed by atoms with Crippen LogP contribution in [0.1, 0.15) is 28.8 Å². The first kappa shape index (κ1) is 24.4. The number of ether oxygens (including phenoxy) is 1. The van der Waals surface area contributed by atoms with E-state index in [9.17, 15) is 18.0 Å². The Morgan fingerprint density at radius 2 is 1.84 bits per heavy atom. The number of aryl methyl sites for hydroxylation is 1. The molecule has 3 N–H and O–H groups in total. The van der Waals surface area contributed by atoms with Crippen molar-refractivity contribution in [1.29, 1.82) is 0 Å². The van der Waals surface area contributed by atoms with Crippen LogP contribution in [0.4, 0.5) is 0 Å². The zero-order valence-electron chi connectivity index (χ0n) is 17.0. The summed E-state index contributed by atoms with van der Waals surface area (Å²) in [5, 5.41) is 0.626. The van der Waals surface area contributed by atoms with Crippen LogP contribution in [0.3, 0.4) is 0 Å². The van der Waals surface area contributed by atoms with Crippen LogP contribution in [0.2, 0.25) is 5.02 Å². The largest absolute Gasteiger partial charge is 0.493 e. The molecule has 0 heterocycles. The molecule has 0 saturated carbocycles. The maximum Gasteiger partial charge on any atom is 0.269 e. The second-order valence-electron chi connectivity index (χ2n) is 6.53. The van der Waals surface area contributed by atoms with E-state index in [0.29, 0.717) is 23.8 Å². The number of carbonyl (C=O) groups excluding carboxylic acids is 2. The van der Waals surface area contributed by atoms with Gasteiger partial charge in [-0.25, -0.2) is 13.1 Å². The molecule has 0 saturated heterocycles. The van der Waals surface area contributed by atoms with Gasteiger partial charge in [-0.2, -0.15) is 0 Å². The number of hydrogen-bond acceptors (Lipinski definition) is 5. The zero-order chi connectivity index (χ0) is 22.9. The number of hydrogen-bond donors (Lipinski definition) is 3. The van der Waals surface area contributed by atoms with E-state index in [1.165, 1.54) is 30.3 Å². The third-order valence-electron chi connectivity index (χ3n) is 4.10. The van der Waals surface area contributed by atoms with Crippen LogP contribution in [-0.4, -0.2) is 33.4 Å². The molecule has 0 bridgehead atoms. The van der Waals surface area contributed by atoms with Crippen molar-refractivity contribution in [2.45, 2.75) is 24.7 Å². The van der Waals surface area contributed by atoms with Crippen LogP contribution in [0.15, 0.2) is 60.0 Å². The third kappa shape index (κ3) is 7.71. The zero-order valence-corrected chi connectivity index (χ0v) is 18.6. The maximum atomic E-state index is 12.1. The second kappa shape index (κ2) is 11.5.